The van der Waals surface area contributed by atoms with Crippen molar-refractivity contribution in [3.8, 4) is 46.1 Å². The molecule has 0 aliphatic heterocycles. The molecule has 0 amide bonds. The van der Waals surface area contributed by atoms with Crippen LogP contribution in [-0.4, -0.2) is 71.7 Å². The first-order valence-electron chi connectivity index (χ1n) is 21.4. The largest absolute Gasteiger partial charge is 0.493 e. The van der Waals surface area contributed by atoms with Gasteiger partial charge in [-0.3, -0.25) is 0 Å². The zero-order chi connectivity index (χ0) is 48.3. The summed E-state index contributed by atoms with van der Waals surface area (Å²) >= 11 is 5.78. The van der Waals surface area contributed by atoms with Crippen molar-refractivity contribution in [1.29, 1.82) is 0 Å². The highest BCUT2D eigenvalue weighted by Crippen LogP contribution is 2.41. The molecule has 0 unspecified atom stereocenters. The number of hydrogen-bond acceptors (Lipinski definition) is 12. The molecule has 4 aromatic carbocycles. The fraction of sp³-hybridized carbons (Fsp3) is 0.280. The van der Waals surface area contributed by atoms with Crippen LogP contribution in [0.1, 0.15) is 55.4 Å². The van der Waals surface area contributed by atoms with Gasteiger partial charge in [0.25, 0.3) is 0 Å². The van der Waals surface area contributed by atoms with Gasteiger partial charge in [-0.05, 0) is 58.8 Å². The van der Waals surface area contributed by atoms with E-state index in [0.29, 0.717) is 46.1 Å². The highest BCUT2D eigenvalue weighted by molar-refractivity contribution is 6.28. The highest BCUT2D eigenvalue weighted by atomic mass is 35.5. The van der Waals surface area contributed by atoms with Crippen molar-refractivity contribution in [2.24, 2.45) is 0 Å². The lowest BCUT2D eigenvalue weighted by molar-refractivity contribution is 0.324. The Bertz CT molecular complexity index is 2550. The molecule has 348 valence electrons. The maximum Gasteiger partial charge on any atom is 0.229 e. The van der Waals surface area contributed by atoms with E-state index in [9.17, 15) is 0 Å². The lowest BCUT2D eigenvalue weighted by Gasteiger charge is -2.15. The Morgan fingerprint density at radius 3 is 1.31 bits per heavy atom. The van der Waals surface area contributed by atoms with Gasteiger partial charge < -0.3 is 48.6 Å². The SMILES string of the molecule is CC.CC.CC.CC.COc1cc(N)cc(OC)c1OC.COc1cc(Nc2nccc(-n3ccc4ccccc43)n2)cc(OC)c1OC.Clc1nccc(-n2ccc3ccccc32)n1. The van der Waals surface area contributed by atoms with E-state index in [1.54, 1.807) is 67.2 Å². The van der Waals surface area contributed by atoms with Crippen molar-refractivity contribution in [1.82, 2.24) is 29.1 Å². The van der Waals surface area contributed by atoms with Crippen LogP contribution in [-0.2, 0) is 0 Å². The van der Waals surface area contributed by atoms with Gasteiger partial charge in [0.05, 0.1) is 53.7 Å². The van der Waals surface area contributed by atoms with Crippen LogP contribution in [0.2, 0.25) is 5.28 Å². The molecule has 0 fully saturated rings. The Morgan fingerprint density at radius 2 is 0.892 bits per heavy atom. The normalized spacial score (nSPS) is 9.52. The predicted molar refractivity (Wildman–Crippen MR) is 268 cm³/mol. The Labute approximate surface area is 389 Å². The van der Waals surface area contributed by atoms with Gasteiger partial charge in [0.15, 0.2) is 23.0 Å². The standard InChI is InChI=1S/C21H20N4O3.C12H8ClN3.C9H13NO3.4C2H6/c1-26-17-12-15(13-18(27-2)20(17)28-3)23-21-22-10-8-19(24-21)25-11-9-14-6-4-5-7-16(14)25;13-12-14-7-5-11(15-12)16-8-6-9-3-1-2-4-10(9)16;1-11-7-4-6(10)5-8(12-2)9(7)13-3;4*1-2/h4-13H,1-3H3,(H,22,23,24);1-8H;4-5H,10H2,1-3H3;4*1-2H3. The number of nitrogen functional groups attached to an aromatic ring is 1. The lowest BCUT2D eigenvalue weighted by Crippen LogP contribution is -2.03. The summed E-state index contributed by atoms with van der Waals surface area (Å²) in [5, 5.41) is 5.79. The van der Waals surface area contributed by atoms with Gasteiger partial charge in [-0.1, -0.05) is 91.8 Å². The second-order valence-electron chi connectivity index (χ2n) is 11.9. The van der Waals surface area contributed by atoms with Gasteiger partial charge in [-0.25, -0.2) is 9.97 Å². The highest BCUT2D eigenvalue weighted by Gasteiger charge is 2.15. The zero-order valence-electron chi connectivity index (χ0n) is 40.1. The van der Waals surface area contributed by atoms with Crippen molar-refractivity contribution in [2.75, 3.05) is 53.7 Å². The molecular formula is C50H65ClN8O6. The molecule has 0 bridgehead atoms. The molecule has 14 nitrogen and oxygen atoms in total. The quantitative estimate of drug-likeness (QED) is 0.0991. The number of rotatable bonds is 10. The summed E-state index contributed by atoms with van der Waals surface area (Å²) in [6.45, 7) is 16.0. The number of aromatic nitrogens is 6. The Kier molecular flexibility index (Phi) is 24.3. The number of anilines is 3. The predicted octanol–water partition coefficient (Wildman–Crippen LogP) is 12.7. The third-order valence-electron chi connectivity index (χ3n) is 8.55. The molecule has 65 heavy (non-hydrogen) atoms. The van der Waals surface area contributed by atoms with E-state index in [1.807, 2.05) is 138 Å². The van der Waals surface area contributed by atoms with Gasteiger partial charge in [0.1, 0.15) is 11.6 Å². The monoisotopic (exact) mass is 908 g/mol. The van der Waals surface area contributed by atoms with E-state index in [1.165, 1.54) is 5.39 Å². The smallest absolute Gasteiger partial charge is 0.229 e. The zero-order valence-corrected chi connectivity index (χ0v) is 40.9. The summed E-state index contributed by atoms with van der Waals surface area (Å²) in [7, 11) is 9.39. The Hall–Kier alpha value is -7.19. The molecule has 0 spiro atoms. The fourth-order valence-electron chi connectivity index (χ4n) is 5.95. The first kappa shape index (κ1) is 53.9. The molecular weight excluding hydrogens is 844 g/mol. The second-order valence-corrected chi connectivity index (χ2v) is 12.2. The van der Waals surface area contributed by atoms with Crippen LogP contribution in [0.3, 0.4) is 0 Å². The minimum atomic E-state index is 0.260. The maximum absolute atomic E-state index is 5.78. The summed E-state index contributed by atoms with van der Waals surface area (Å²) in [6.07, 6.45) is 7.34. The van der Waals surface area contributed by atoms with E-state index in [4.69, 9.17) is 45.8 Å². The average molecular weight is 910 g/mol. The molecule has 0 aliphatic carbocycles. The van der Waals surface area contributed by atoms with Crippen LogP contribution in [0.4, 0.5) is 17.3 Å². The number of hydrogen-bond donors (Lipinski definition) is 2. The van der Waals surface area contributed by atoms with Crippen molar-refractivity contribution in [3.05, 3.63) is 127 Å². The molecule has 0 radical (unpaired) electrons. The molecule has 4 heterocycles. The number of nitrogens with two attached hydrogens (primary N) is 1. The van der Waals surface area contributed by atoms with E-state index >= 15 is 0 Å². The van der Waals surface area contributed by atoms with E-state index in [2.05, 4.69) is 49.5 Å². The second kappa shape index (κ2) is 29.2. The minimum Gasteiger partial charge on any atom is -0.493 e. The fourth-order valence-corrected chi connectivity index (χ4v) is 6.10. The lowest BCUT2D eigenvalue weighted by atomic mass is 10.2. The Morgan fingerprint density at radius 1 is 0.492 bits per heavy atom. The first-order chi connectivity index (χ1) is 31.8. The van der Waals surface area contributed by atoms with Crippen LogP contribution in [0.25, 0.3) is 33.4 Å². The van der Waals surface area contributed by atoms with Crippen LogP contribution >= 0.6 is 11.6 Å². The molecule has 8 aromatic rings. The van der Waals surface area contributed by atoms with E-state index in [0.717, 1.165) is 33.7 Å². The number of nitrogens with one attached hydrogen (secondary N) is 1. The summed E-state index contributed by atoms with van der Waals surface area (Å²) in [4.78, 5) is 17.0. The van der Waals surface area contributed by atoms with Crippen molar-refractivity contribution in [3.63, 3.8) is 0 Å². The Balaban J connectivity index is 0.000000334. The summed E-state index contributed by atoms with van der Waals surface area (Å²) in [5.41, 5.74) is 9.11. The molecule has 0 aliphatic rings. The number of benzene rings is 4. The van der Waals surface area contributed by atoms with Crippen LogP contribution in [0.15, 0.2) is 122 Å². The molecule has 4 aromatic heterocycles. The molecule has 0 atom stereocenters. The molecule has 0 saturated carbocycles. The molecule has 3 N–H and O–H groups in total. The third-order valence-corrected chi connectivity index (χ3v) is 8.73. The first-order valence-corrected chi connectivity index (χ1v) is 21.8. The van der Waals surface area contributed by atoms with Crippen molar-refractivity contribution >= 4 is 50.7 Å². The van der Waals surface area contributed by atoms with Crippen LogP contribution in [0, 0.1) is 0 Å². The van der Waals surface area contributed by atoms with Crippen molar-refractivity contribution in [2.45, 2.75) is 55.4 Å². The van der Waals surface area contributed by atoms with E-state index < -0.39 is 0 Å². The van der Waals surface area contributed by atoms with Gasteiger partial charge >= 0.3 is 0 Å². The summed E-state index contributed by atoms with van der Waals surface area (Å²) < 4.78 is 35.4. The van der Waals surface area contributed by atoms with Crippen molar-refractivity contribution < 1.29 is 28.4 Å². The number of fused-ring (bicyclic) bond motifs is 2. The summed E-state index contributed by atoms with van der Waals surface area (Å²) in [5.74, 6) is 5.34. The van der Waals surface area contributed by atoms with E-state index in [-0.39, 0.29) is 5.28 Å². The molecule has 15 heteroatoms. The number of halogens is 1. The van der Waals surface area contributed by atoms with Crippen LogP contribution < -0.4 is 39.5 Å². The van der Waals surface area contributed by atoms with Crippen LogP contribution in [0.5, 0.6) is 34.5 Å². The van der Waals surface area contributed by atoms with Gasteiger partial charge in [0, 0.05) is 60.4 Å². The number of ether oxygens (including phenoxy) is 6. The molecule has 0 saturated heterocycles. The van der Waals surface area contributed by atoms with Gasteiger partial charge in [-0.2, -0.15) is 9.97 Å². The maximum atomic E-state index is 5.78. The number of methoxy groups -OCH3 is 6. The molecule has 8 rings (SSSR count). The summed E-state index contributed by atoms with van der Waals surface area (Å²) in [6, 6.07) is 31.1. The van der Waals surface area contributed by atoms with Gasteiger partial charge in [0.2, 0.25) is 22.7 Å². The average Bonchev–Trinajstić information content (AvgIpc) is 4.01. The number of para-hydroxylation sites is 2. The van der Waals surface area contributed by atoms with Gasteiger partial charge in [-0.15, -0.1) is 0 Å². The number of nitrogens with zero attached hydrogens (tertiary/aromatic N) is 6. The third kappa shape index (κ3) is 14.4. The topological polar surface area (TPSA) is 155 Å². The minimum absolute atomic E-state index is 0.260.